The maximum atomic E-state index is 13.3. The minimum Gasteiger partial charge on any atom is -0.448 e. The molecule has 2 aromatic carbocycles. The van der Waals surface area contributed by atoms with Gasteiger partial charge in [0.15, 0.2) is 6.10 Å². The zero-order chi connectivity index (χ0) is 20.4. The Morgan fingerprint density at radius 2 is 1.72 bits per heavy atom. The van der Waals surface area contributed by atoms with Gasteiger partial charge in [0.25, 0.3) is 0 Å². The van der Waals surface area contributed by atoms with E-state index < -0.39 is 18.1 Å². The average molecular weight is 407 g/mol. The third kappa shape index (κ3) is 3.61. The van der Waals surface area contributed by atoms with E-state index in [-0.39, 0.29) is 11.3 Å². The molecule has 2 aromatic rings. The van der Waals surface area contributed by atoms with Gasteiger partial charge < -0.3 is 10.5 Å². The molecule has 2 aliphatic rings. The first-order valence-corrected chi connectivity index (χ1v) is 10.5. The second-order valence-corrected chi connectivity index (χ2v) is 8.02. The Kier molecular flexibility index (Phi) is 5.56. The number of esters is 1. The molecule has 5 nitrogen and oxygen atoms in total. The summed E-state index contributed by atoms with van der Waals surface area (Å²) in [4.78, 5) is 27.2. The lowest BCUT2D eigenvalue weighted by Gasteiger charge is -2.48. The summed E-state index contributed by atoms with van der Waals surface area (Å²) in [6.45, 7) is 1.88. The molecule has 4 rings (SSSR count). The number of β-lactam (4-membered cyclic amide) rings is 1. The number of ether oxygens (including phenoxy) is 1. The molecule has 0 radical (unpaired) electrons. The van der Waals surface area contributed by atoms with Gasteiger partial charge in [-0.3, -0.25) is 9.69 Å². The van der Waals surface area contributed by atoms with E-state index in [4.69, 9.17) is 10.5 Å². The van der Waals surface area contributed by atoms with E-state index in [0.717, 1.165) is 16.7 Å². The van der Waals surface area contributed by atoms with Crippen molar-refractivity contribution in [1.82, 2.24) is 4.90 Å². The molecule has 2 aliphatic heterocycles. The molecule has 148 valence electrons. The van der Waals surface area contributed by atoms with Crippen LogP contribution in [0.3, 0.4) is 0 Å². The first-order valence-electron chi connectivity index (χ1n) is 9.48. The van der Waals surface area contributed by atoms with E-state index in [0.29, 0.717) is 11.4 Å². The van der Waals surface area contributed by atoms with E-state index in [9.17, 15) is 9.59 Å². The molecule has 2 N–H and O–H groups in total. The number of nitrogens with zero attached hydrogens (tertiary/aromatic N) is 1. The van der Waals surface area contributed by atoms with Crippen molar-refractivity contribution in [3.63, 3.8) is 0 Å². The highest BCUT2D eigenvalue weighted by Gasteiger charge is 2.52. The normalized spacial score (nSPS) is 21.3. The molecule has 0 aromatic heterocycles. The Labute approximate surface area is 174 Å². The number of nitrogens with two attached hydrogens (primary N) is 1. The molecule has 2 heterocycles. The van der Waals surface area contributed by atoms with Crippen molar-refractivity contribution in [3.8, 4) is 0 Å². The Bertz CT molecular complexity index is 933. The molecule has 0 spiro atoms. The summed E-state index contributed by atoms with van der Waals surface area (Å²) >= 11 is 1.57. The molecule has 0 aliphatic carbocycles. The third-order valence-electron chi connectivity index (χ3n) is 5.03. The second-order valence-electron chi connectivity index (χ2n) is 6.92. The minimum absolute atomic E-state index is 0.217. The molecular weight excluding hydrogens is 384 g/mol. The van der Waals surface area contributed by atoms with Crippen molar-refractivity contribution < 1.29 is 14.3 Å². The summed E-state index contributed by atoms with van der Waals surface area (Å²) in [7, 11) is 0. The van der Waals surface area contributed by atoms with Gasteiger partial charge in [-0.15, -0.1) is 11.8 Å². The summed E-state index contributed by atoms with van der Waals surface area (Å²) in [5.41, 5.74) is 8.75. The van der Waals surface area contributed by atoms with Crippen LogP contribution in [0.5, 0.6) is 0 Å². The standard InChI is InChI=1S/C23H22N2O3S/c1-2-9-17-14-29-22-18(24)21(26)25(22)19(17)23(27)28-20(15-10-5-3-6-11-15)16-12-7-4-8-13-16/h2-13,18,20,22H,14,24H2,1H3/b9-2-/t18?,22-/m1/s1. The maximum Gasteiger partial charge on any atom is 0.356 e. The first kappa shape index (κ1) is 19.5. The third-order valence-corrected chi connectivity index (χ3v) is 6.35. The highest BCUT2D eigenvalue weighted by Crippen LogP contribution is 2.41. The monoisotopic (exact) mass is 406 g/mol. The molecule has 1 amide bonds. The SMILES string of the molecule is C/C=C\C1=C(C(=O)OC(c2ccccc2)c2ccccc2)N2C(=O)C(N)[C@H]2SC1. The number of hydrogen-bond donors (Lipinski definition) is 1. The van der Waals surface area contributed by atoms with Gasteiger partial charge in [0, 0.05) is 5.75 Å². The van der Waals surface area contributed by atoms with Crippen LogP contribution in [0.2, 0.25) is 0 Å². The number of fused-ring (bicyclic) bond motifs is 1. The van der Waals surface area contributed by atoms with Crippen LogP contribution in [0.4, 0.5) is 0 Å². The number of allylic oxidation sites excluding steroid dienone is 2. The van der Waals surface area contributed by atoms with Gasteiger partial charge in [-0.2, -0.15) is 0 Å². The zero-order valence-electron chi connectivity index (χ0n) is 16.0. The fourth-order valence-corrected chi connectivity index (χ4v) is 4.87. The van der Waals surface area contributed by atoms with Crippen LogP contribution >= 0.6 is 11.8 Å². The summed E-state index contributed by atoms with van der Waals surface area (Å²) in [6, 6.07) is 18.6. The van der Waals surface area contributed by atoms with Gasteiger partial charge >= 0.3 is 5.97 Å². The quantitative estimate of drug-likeness (QED) is 0.609. The van der Waals surface area contributed by atoms with Crippen LogP contribution in [0.15, 0.2) is 84.1 Å². The molecule has 0 saturated carbocycles. The van der Waals surface area contributed by atoms with E-state index >= 15 is 0 Å². The van der Waals surface area contributed by atoms with E-state index in [1.807, 2.05) is 79.7 Å². The Morgan fingerprint density at radius 3 is 2.28 bits per heavy atom. The molecule has 1 fully saturated rings. The van der Waals surface area contributed by atoms with Gasteiger partial charge in [-0.1, -0.05) is 72.8 Å². The fraction of sp³-hybridized carbons (Fsp3) is 0.217. The smallest absolute Gasteiger partial charge is 0.356 e. The van der Waals surface area contributed by atoms with Gasteiger partial charge in [0.05, 0.1) is 0 Å². The van der Waals surface area contributed by atoms with Crippen LogP contribution in [-0.4, -0.2) is 33.9 Å². The highest BCUT2D eigenvalue weighted by atomic mass is 32.2. The van der Waals surface area contributed by atoms with Crippen molar-refractivity contribution in [2.45, 2.75) is 24.4 Å². The summed E-state index contributed by atoms with van der Waals surface area (Å²) in [6.07, 6.45) is 3.15. The Hall–Kier alpha value is -2.83. The van der Waals surface area contributed by atoms with E-state index in [1.165, 1.54) is 4.90 Å². The van der Waals surface area contributed by atoms with Gasteiger partial charge in [0.1, 0.15) is 17.1 Å². The van der Waals surface area contributed by atoms with E-state index in [1.54, 1.807) is 11.8 Å². The van der Waals surface area contributed by atoms with Crippen LogP contribution in [0.25, 0.3) is 0 Å². The second kappa shape index (κ2) is 8.27. The van der Waals surface area contributed by atoms with Gasteiger partial charge in [0.2, 0.25) is 5.91 Å². The van der Waals surface area contributed by atoms with Crippen molar-refractivity contribution in [1.29, 1.82) is 0 Å². The topological polar surface area (TPSA) is 72.6 Å². The number of thioether (sulfide) groups is 1. The number of rotatable bonds is 5. The van der Waals surface area contributed by atoms with E-state index in [2.05, 4.69) is 0 Å². The summed E-state index contributed by atoms with van der Waals surface area (Å²) < 4.78 is 6.00. The number of carbonyl (C=O) groups excluding carboxylic acids is 2. The molecule has 2 atom stereocenters. The highest BCUT2D eigenvalue weighted by molar-refractivity contribution is 8.00. The Balaban J connectivity index is 1.70. The van der Waals surface area contributed by atoms with Crippen LogP contribution in [-0.2, 0) is 14.3 Å². The molecule has 6 heteroatoms. The summed E-state index contributed by atoms with van der Waals surface area (Å²) in [5, 5.41) is -0.217. The number of carbonyl (C=O) groups is 2. The fourth-order valence-electron chi connectivity index (χ4n) is 3.61. The molecule has 0 bridgehead atoms. The predicted molar refractivity (Wildman–Crippen MR) is 114 cm³/mol. The van der Waals surface area contributed by atoms with Gasteiger partial charge in [-0.25, -0.2) is 4.79 Å². The molecule has 1 unspecified atom stereocenters. The minimum atomic E-state index is -0.575. The first-order chi connectivity index (χ1) is 14.1. The number of benzene rings is 2. The van der Waals surface area contributed by atoms with Crippen molar-refractivity contribution in [3.05, 3.63) is 95.2 Å². The molecular formula is C23H22N2O3S. The van der Waals surface area contributed by atoms with Crippen molar-refractivity contribution in [2.24, 2.45) is 5.73 Å². The lowest BCUT2D eigenvalue weighted by atomic mass is 10.0. The van der Waals surface area contributed by atoms with Crippen molar-refractivity contribution in [2.75, 3.05) is 5.75 Å². The van der Waals surface area contributed by atoms with Gasteiger partial charge in [-0.05, 0) is 23.6 Å². The zero-order valence-corrected chi connectivity index (χ0v) is 16.8. The van der Waals surface area contributed by atoms with Crippen LogP contribution in [0, 0.1) is 0 Å². The van der Waals surface area contributed by atoms with Crippen LogP contribution < -0.4 is 5.73 Å². The predicted octanol–water partition coefficient (Wildman–Crippen LogP) is 3.39. The molecule has 29 heavy (non-hydrogen) atoms. The lowest BCUT2D eigenvalue weighted by Crippen LogP contribution is -2.68. The van der Waals surface area contributed by atoms with Crippen LogP contribution in [0.1, 0.15) is 24.2 Å². The number of amides is 1. The maximum absolute atomic E-state index is 13.3. The molecule has 1 saturated heterocycles. The number of hydrogen-bond acceptors (Lipinski definition) is 5. The average Bonchev–Trinajstić information content (AvgIpc) is 2.77. The van der Waals surface area contributed by atoms with Crippen molar-refractivity contribution >= 4 is 23.6 Å². The summed E-state index contributed by atoms with van der Waals surface area (Å²) in [5.74, 6) is -0.147. The lowest BCUT2D eigenvalue weighted by molar-refractivity contribution is -0.153. The Morgan fingerprint density at radius 1 is 1.14 bits per heavy atom. The largest absolute Gasteiger partial charge is 0.448 e.